The van der Waals surface area contributed by atoms with Crippen molar-refractivity contribution >= 4 is 17.5 Å². The number of nitrogens with two attached hydrogens (primary N) is 1. The molecule has 0 amide bonds. The number of hydrogen-bond acceptors (Lipinski definition) is 5. The molecule has 3 rings (SSSR count). The molecule has 108 valence electrons. The highest BCUT2D eigenvalue weighted by Gasteiger charge is 2.27. The Morgan fingerprint density at radius 3 is 2.65 bits per heavy atom. The molecule has 1 saturated carbocycles. The van der Waals surface area contributed by atoms with Crippen LogP contribution in [0.4, 0.5) is 11.5 Å². The van der Waals surface area contributed by atoms with E-state index in [0.29, 0.717) is 5.82 Å². The zero-order chi connectivity index (χ0) is 14.1. The Labute approximate surface area is 118 Å². The first-order valence-electron chi connectivity index (χ1n) is 7.10. The van der Waals surface area contributed by atoms with Crippen molar-refractivity contribution in [2.75, 3.05) is 43.4 Å². The third-order valence-electron chi connectivity index (χ3n) is 4.08. The molecule has 1 aliphatic carbocycles. The zero-order valence-electron chi connectivity index (χ0n) is 11.5. The molecule has 0 bridgehead atoms. The molecule has 1 aromatic heterocycles. The van der Waals surface area contributed by atoms with Gasteiger partial charge in [0.25, 0.3) is 0 Å². The second-order valence-electron chi connectivity index (χ2n) is 5.63. The quantitative estimate of drug-likeness (QED) is 0.850. The molecule has 1 saturated heterocycles. The highest BCUT2D eigenvalue weighted by atomic mass is 16.4. The molecular weight excluding hydrogens is 256 g/mol. The number of carbonyl (C=O) groups is 1. The number of carboxylic acid groups (broad SMARTS) is 1. The van der Waals surface area contributed by atoms with Gasteiger partial charge < -0.3 is 15.7 Å². The van der Waals surface area contributed by atoms with Crippen molar-refractivity contribution in [2.24, 2.45) is 5.92 Å². The van der Waals surface area contributed by atoms with Crippen molar-refractivity contribution < 1.29 is 9.90 Å². The highest BCUT2D eigenvalue weighted by Crippen LogP contribution is 2.30. The lowest BCUT2D eigenvalue weighted by Gasteiger charge is -2.36. The number of nitrogens with zero attached hydrogens (tertiary/aromatic N) is 3. The molecule has 20 heavy (non-hydrogen) atoms. The number of pyridine rings is 1. The van der Waals surface area contributed by atoms with Gasteiger partial charge in [0, 0.05) is 38.9 Å². The summed E-state index contributed by atoms with van der Waals surface area (Å²) in [7, 11) is 0. The average Bonchev–Trinajstić information content (AvgIpc) is 3.24. The molecule has 6 heteroatoms. The largest absolute Gasteiger partial charge is 0.478 e. The van der Waals surface area contributed by atoms with E-state index in [9.17, 15) is 4.79 Å². The smallest absolute Gasteiger partial charge is 0.337 e. The number of aromatic carboxylic acids is 1. The Morgan fingerprint density at radius 1 is 1.35 bits per heavy atom. The Kier molecular flexibility index (Phi) is 3.48. The van der Waals surface area contributed by atoms with Crippen LogP contribution in [0.15, 0.2) is 12.3 Å². The molecule has 0 spiro atoms. The second-order valence-corrected chi connectivity index (χ2v) is 5.63. The predicted molar refractivity (Wildman–Crippen MR) is 77.0 cm³/mol. The van der Waals surface area contributed by atoms with Gasteiger partial charge in [-0.2, -0.15) is 0 Å². The summed E-state index contributed by atoms with van der Waals surface area (Å²) in [5, 5.41) is 9.10. The lowest BCUT2D eigenvalue weighted by molar-refractivity contribution is 0.0698. The van der Waals surface area contributed by atoms with E-state index in [-0.39, 0.29) is 11.3 Å². The van der Waals surface area contributed by atoms with Gasteiger partial charge >= 0.3 is 5.97 Å². The molecule has 0 atom stereocenters. The normalized spacial score (nSPS) is 20.1. The van der Waals surface area contributed by atoms with Crippen LogP contribution in [0.25, 0.3) is 0 Å². The number of aromatic nitrogens is 1. The van der Waals surface area contributed by atoms with E-state index in [2.05, 4.69) is 14.8 Å². The summed E-state index contributed by atoms with van der Waals surface area (Å²) in [5.41, 5.74) is 6.35. The van der Waals surface area contributed by atoms with Crippen molar-refractivity contribution in [3.8, 4) is 0 Å². The van der Waals surface area contributed by atoms with Gasteiger partial charge in [-0.1, -0.05) is 0 Å². The van der Waals surface area contributed by atoms with Crippen LogP contribution in [0.3, 0.4) is 0 Å². The van der Waals surface area contributed by atoms with E-state index >= 15 is 0 Å². The van der Waals surface area contributed by atoms with Gasteiger partial charge in [0.1, 0.15) is 0 Å². The summed E-state index contributed by atoms with van der Waals surface area (Å²) in [6, 6.07) is 1.45. The minimum Gasteiger partial charge on any atom is -0.478 e. The molecule has 1 aliphatic heterocycles. The number of anilines is 2. The lowest BCUT2D eigenvalue weighted by Crippen LogP contribution is -2.47. The minimum absolute atomic E-state index is 0.135. The zero-order valence-corrected chi connectivity index (χ0v) is 11.5. The van der Waals surface area contributed by atoms with Crippen LogP contribution in [0.2, 0.25) is 0 Å². The van der Waals surface area contributed by atoms with E-state index in [4.69, 9.17) is 10.8 Å². The fourth-order valence-electron chi connectivity index (χ4n) is 2.71. The first-order chi connectivity index (χ1) is 9.65. The molecular formula is C14H20N4O2. The van der Waals surface area contributed by atoms with Crippen molar-refractivity contribution in [1.29, 1.82) is 0 Å². The van der Waals surface area contributed by atoms with Gasteiger partial charge in [-0.3, -0.25) is 4.90 Å². The topological polar surface area (TPSA) is 82.7 Å². The third kappa shape index (κ3) is 2.70. The molecule has 3 N–H and O–H groups in total. The summed E-state index contributed by atoms with van der Waals surface area (Å²) in [4.78, 5) is 19.9. The standard InChI is InChI=1S/C14H20N4O2/c15-12-11(14(19)20)3-4-16-13(12)18-7-5-17(6-8-18)9-10-1-2-10/h3-4,10H,1-2,5-9,15H2,(H,19,20). The number of hydrogen-bond donors (Lipinski definition) is 2. The fourth-order valence-corrected chi connectivity index (χ4v) is 2.71. The fraction of sp³-hybridized carbons (Fsp3) is 0.571. The molecule has 0 aromatic carbocycles. The van der Waals surface area contributed by atoms with Gasteiger partial charge in [-0.15, -0.1) is 0 Å². The summed E-state index contributed by atoms with van der Waals surface area (Å²) in [5.74, 6) is 0.509. The maximum absolute atomic E-state index is 11.1. The average molecular weight is 276 g/mol. The molecule has 0 unspecified atom stereocenters. The lowest BCUT2D eigenvalue weighted by atomic mass is 10.2. The third-order valence-corrected chi connectivity index (χ3v) is 4.08. The second kappa shape index (κ2) is 5.28. The van der Waals surface area contributed by atoms with E-state index in [1.165, 1.54) is 31.6 Å². The SMILES string of the molecule is Nc1c(C(=O)O)ccnc1N1CCN(CC2CC2)CC1. The van der Waals surface area contributed by atoms with Crippen LogP contribution in [-0.4, -0.2) is 53.7 Å². The first-order valence-corrected chi connectivity index (χ1v) is 7.10. The number of carboxylic acids is 1. The highest BCUT2D eigenvalue weighted by molar-refractivity contribution is 5.96. The van der Waals surface area contributed by atoms with Crippen LogP contribution in [0.1, 0.15) is 23.2 Å². The Morgan fingerprint density at radius 2 is 2.05 bits per heavy atom. The molecule has 2 heterocycles. The van der Waals surface area contributed by atoms with Crippen LogP contribution >= 0.6 is 0 Å². The van der Waals surface area contributed by atoms with Crippen molar-refractivity contribution in [3.05, 3.63) is 17.8 Å². The van der Waals surface area contributed by atoms with Crippen LogP contribution in [-0.2, 0) is 0 Å². The number of nitrogen functional groups attached to an aromatic ring is 1. The van der Waals surface area contributed by atoms with Gasteiger partial charge in [0.2, 0.25) is 0 Å². The van der Waals surface area contributed by atoms with Crippen LogP contribution in [0.5, 0.6) is 0 Å². The van der Waals surface area contributed by atoms with E-state index < -0.39 is 5.97 Å². The summed E-state index contributed by atoms with van der Waals surface area (Å²) in [6.07, 6.45) is 4.26. The van der Waals surface area contributed by atoms with Crippen molar-refractivity contribution in [1.82, 2.24) is 9.88 Å². The van der Waals surface area contributed by atoms with Gasteiger partial charge in [-0.05, 0) is 24.8 Å². The Balaban J connectivity index is 1.68. The van der Waals surface area contributed by atoms with Crippen molar-refractivity contribution in [3.63, 3.8) is 0 Å². The molecule has 0 radical (unpaired) electrons. The van der Waals surface area contributed by atoms with E-state index in [1.54, 1.807) is 0 Å². The maximum Gasteiger partial charge on any atom is 0.337 e. The van der Waals surface area contributed by atoms with E-state index in [0.717, 1.165) is 32.1 Å². The predicted octanol–water partition coefficient (Wildman–Crippen LogP) is 0.894. The Bertz CT molecular complexity index is 508. The van der Waals surface area contributed by atoms with Gasteiger partial charge in [0.05, 0.1) is 11.3 Å². The number of piperazine rings is 1. The Hall–Kier alpha value is -1.82. The summed E-state index contributed by atoms with van der Waals surface area (Å²) in [6.45, 7) is 4.90. The molecule has 6 nitrogen and oxygen atoms in total. The summed E-state index contributed by atoms with van der Waals surface area (Å²) >= 11 is 0. The number of rotatable bonds is 4. The van der Waals surface area contributed by atoms with Gasteiger partial charge in [-0.25, -0.2) is 9.78 Å². The van der Waals surface area contributed by atoms with E-state index in [1.807, 2.05) is 0 Å². The van der Waals surface area contributed by atoms with Crippen LogP contribution < -0.4 is 10.6 Å². The molecule has 1 aromatic rings. The minimum atomic E-state index is -1.00. The van der Waals surface area contributed by atoms with Gasteiger partial charge in [0.15, 0.2) is 5.82 Å². The molecule has 2 aliphatic rings. The monoisotopic (exact) mass is 276 g/mol. The van der Waals surface area contributed by atoms with Crippen molar-refractivity contribution in [2.45, 2.75) is 12.8 Å². The van der Waals surface area contributed by atoms with Crippen LogP contribution in [0, 0.1) is 5.92 Å². The first kappa shape index (κ1) is 13.2. The molecule has 2 fully saturated rings. The maximum atomic E-state index is 11.1. The summed E-state index contributed by atoms with van der Waals surface area (Å²) < 4.78 is 0.